The fraction of sp³-hybridized carbons (Fsp3) is 0.419. The van der Waals surface area contributed by atoms with Crippen molar-refractivity contribution in [2.75, 3.05) is 6.54 Å². The van der Waals surface area contributed by atoms with Crippen molar-refractivity contribution >= 4 is 49.7 Å². The number of sulfonamides is 1. The van der Waals surface area contributed by atoms with Crippen LogP contribution in [0, 0.1) is 22.7 Å². The van der Waals surface area contributed by atoms with E-state index in [1.54, 1.807) is 42.7 Å². The van der Waals surface area contributed by atoms with Crippen molar-refractivity contribution < 1.29 is 45.1 Å². The van der Waals surface area contributed by atoms with E-state index in [1.165, 1.54) is 23.4 Å². The molecule has 5 aromatic rings. The molecule has 2 aromatic carbocycles. The summed E-state index contributed by atoms with van der Waals surface area (Å²) in [6.45, 7) is 9.50. The average Bonchev–Trinajstić information content (AvgIpc) is 4.11. The summed E-state index contributed by atoms with van der Waals surface area (Å²) in [5.74, 6) is -2.66. The molecule has 0 spiro atoms. The topological polar surface area (TPSA) is 175 Å². The van der Waals surface area contributed by atoms with Gasteiger partial charge in [-0.25, -0.2) is 23.4 Å². The molecule has 1 N–H and O–H groups in total. The molecule has 1 saturated heterocycles. The van der Waals surface area contributed by atoms with Crippen LogP contribution in [0.3, 0.4) is 0 Å². The number of Topliss-reactive ketones (excluding diaryl/α,β-unsaturated/α-hetero) is 1. The van der Waals surface area contributed by atoms with Crippen LogP contribution in [-0.2, 0) is 37.0 Å². The number of nitrogens with one attached hydrogen (secondary N) is 1. The number of furan rings is 1. The minimum absolute atomic E-state index is 0.0198. The molecule has 13 nitrogen and oxygen atoms in total. The summed E-state index contributed by atoms with van der Waals surface area (Å²) < 4.78 is 81.0. The number of aromatic nitrogens is 4. The number of ketones is 1. The summed E-state index contributed by atoms with van der Waals surface area (Å²) in [7, 11) is -3.91. The van der Waals surface area contributed by atoms with Gasteiger partial charge in [-0.05, 0) is 66.8 Å². The molecular weight excluding hydrogens is 802 g/mol. The van der Waals surface area contributed by atoms with Gasteiger partial charge >= 0.3 is 6.18 Å². The third kappa shape index (κ3) is 7.98. The van der Waals surface area contributed by atoms with E-state index in [2.05, 4.69) is 31.2 Å². The number of para-hydroxylation sites is 1. The van der Waals surface area contributed by atoms with Crippen LogP contribution in [0.1, 0.15) is 64.0 Å². The number of amides is 2. The molecule has 2 amide bonds. The number of allylic oxidation sites excluding steroid dienone is 1. The Labute approximate surface area is 343 Å². The normalized spacial score (nSPS) is 22.4. The van der Waals surface area contributed by atoms with E-state index in [4.69, 9.17) is 9.15 Å². The minimum atomic E-state index is -4.55. The fourth-order valence-corrected chi connectivity index (χ4v) is 9.50. The van der Waals surface area contributed by atoms with Gasteiger partial charge in [0.25, 0.3) is 5.88 Å². The summed E-state index contributed by atoms with van der Waals surface area (Å²) >= 11 is 0. The maximum atomic E-state index is 14.9. The quantitative estimate of drug-likeness (QED) is 0.123. The highest BCUT2D eigenvalue weighted by Gasteiger charge is 2.61. The minimum Gasteiger partial charge on any atom is -0.470 e. The summed E-state index contributed by atoms with van der Waals surface area (Å²) in [5.41, 5.74) is -0.845. The van der Waals surface area contributed by atoms with Gasteiger partial charge in [0.1, 0.15) is 23.5 Å². The van der Waals surface area contributed by atoms with Crippen molar-refractivity contribution in [2.45, 2.75) is 82.9 Å². The number of nitrogens with zero attached hydrogens (tertiary/aromatic N) is 5. The zero-order chi connectivity index (χ0) is 42.8. The first kappa shape index (κ1) is 41.0. The summed E-state index contributed by atoms with van der Waals surface area (Å²) in [5, 5.41) is -0.0456. The van der Waals surface area contributed by atoms with E-state index in [1.807, 2.05) is 20.8 Å². The average molecular weight is 845 g/mol. The highest BCUT2D eigenvalue weighted by molar-refractivity contribution is 7.90. The van der Waals surface area contributed by atoms with Gasteiger partial charge in [-0.15, -0.1) is 6.58 Å². The first-order chi connectivity index (χ1) is 28.4. The Kier molecular flexibility index (Phi) is 10.3. The molecule has 3 aliphatic rings. The number of fused-ring (bicyclic) bond motifs is 3. The van der Waals surface area contributed by atoms with Gasteiger partial charge in [-0.3, -0.25) is 19.1 Å². The largest absolute Gasteiger partial charge is 0.470 e. The number of hydrogen-bond acceptors (Lipinski definition) is 11. The number of rotatable bonds is 13. The second-order valence-electron chi connectivity index (χ2n) is 17.1. The lowest BCUT2D eigenvalue weighted by molar-refractivity contribution is -0.144. The molecule has 2 saturated carbocycles. The summed E-state index contributed by atoms with van der Waals surface area (Å²) in [6.07, 6.45) is 1.78. The molecule has 3 fully saturated rings. The van der Waals surface area contributed by atoms with Crippen LogP contribution in [0.25, 0.3) is 33.5 Å². The number of alkyl halides is 3. The van der Waals surface area contributed by atoms with E-state index in [0.29, 0.717) is 34.9 Å². The second-order valence-corrected chi connectivity index (χ2v) is 19.0. The molecule has 5 atom stereocenters. The predicted octanol–water partition coefficient (Wildman–Crippen LogP) is 6.87. The first-order valence-corrected chi connectivity index (χ1v) is 21.2. The molecule has 60 heavy (non-hydrogen) atoms. The molecule has 17 heteroatoms. The van der Waals surface area contributed by atoms with Crippen molar-refractivity contribution in [3.8, 4) is 17.3 Å². The number of carbonyl (C=O) groups is 3. The molecule has 314 valence electrons. The van der Waals surface area contributed by atoms with E-state index >= 15 is 0 Å². The maximum absolute atomic E-state index is 14.9. The van der Waals surface area contributed by atoms with E-state index < -0.39 is 73.5 Å². The highest BCUT2D eigenvalue weighted by Crippen LogP contribution is 2.57. The van der Waals surface area contributed by atoms with Crippen LogP contribution in [-0.4, -0.2) is 74.8 Å². The lowest BCUT2D eigenvalue weighted by atomic mass is 9.76. The van der Waals surface area contributed by atoms with Crippen LogP contribution < -0.4 is 9.46 Å². The Balaban J connectivity index is 1.15. The Morgan fingerprint density at radius 1 is 1.05 bits per heavy atom. The van der Waals surface area contributed by atoms with Gasteiger partial charge < -0.3 is 14.1 Å². The number of carbonyl (C=O) groups excluding carboxylic acids is 3. The molecule has 4 heterocycles. The number of hydrogen-bond donors (Lipinski definition) is 1. The summed E-state index contributed by atoms with van der Waals surface area (Å²) in [6, 6.07) is 10.4. The van der Waals surface area contributed by atoms with Crippen LogP contribution >= 0.6 is 0 Å². The number of ether oxygens (including phenoxy) is 1. The van der Waals surface area contributed by atoms with Crippen molar-refractivity contribution in [3.63, 3.8) is 0 Å². The van der Waals surface area contributed by atoms with Gasteiger partial charge in [-0.1, -0.05) is 51.1 Å². The monoisotopic (exact) mass is 844 g/mol. The SMILES string of the molecule is C=C[C@@H]1C[C@]1(CC(=O)[C@@H]1C[C@@H](Oc2nc(-c3ccc(C(F)(F)F)cc3)nc3c2oc2ccccc23)CN1C(=O)[C@@H](Cc1cncnc1)C(C)(C)C)C(=O)NS(=O)(=O)C1CC1. The Morgan fingerprint density at radius 2 is 1.75 bits per heavy atom. The molecule has 1 aliphatic heterocycles. The van der Waals surface area contributed by atoms with Gasteiger partial charge in [-0.2, -0.15) is 18.2 Å². The zero-order valence-electron chi connectivity index (χ0n) is 33.1. The Hall–Kier alpha value is -5.71. The fourth-order valence-electron chi connectivity index (χ4n) is 8.12. The third-order valence-corrected chi connectivity index (χ3v) is 13.6. The van der Waals surface area contributed by atoms with Crippen molar-refractivity contribution in [1.82, 2.24) is 29.6 Å². The molecule has 0 radical (unpaired) electrons. The van der Waals surface area contributed by atoms with Crippen LogP contribution in [0.4, 0.5) is 13.2 Å². The van der Waals surface area contributed by atoms with Gasteiger partial charge in [0.05, 0.1) is 28.8 Å². The molecule has 0 bridgehead atoms. The second kappa shape index (κ2) is 15.1. The zero-order valence-corrected chi connectivity index (χ0v) is 33.9. The van der Waals surface area contributed by atoms with Crippen LogP contribution in [0.5, 0.6) is 5.88 Å². The number of likely N-dealkylation sites (tertiary alicyclic amines) is 1. The smallest absolute Gasteiger partial charge is 0.416 e. The third-order valence-electron chi connectivity index (χ3n) is 11.8. The Bertz CT molecular complexity index is 2610. The lowest BCUT2D eigenvalue weighted by Crippen LogP contribution is -2.48. The van der Waals surface area contributed by atoms with Crippen molar-refractivity contribution in [2.24, 2.45) is 22.7 Å². The van der Waals surface area contributed by atoms with Crippen LogP contribution in [0.2, 0.25) is 0 Å². The van der Waals surface area contributed by atoms with Gasteiger partial charge in [0.15, 0.2) is 11.6 Å². The van der Waals surface area contributed by atoms with E-state index in [-0.39, 0.29) is 61.0 Å². The standard InChI is InChI=1S/C43H43F3N6O7S/c1-5-26-18-42(26,40(55)51-60(56,57)29-14-15-29)19-33(53)32-17-28(22-52(32)39(54)31(41(2,3)4)16-24-20-47-23-48-21-24)58-38-36-35(30-8-6-7-9-34(30)59-36)49-37(50-38)25-10-12-27(13-11-25)43(44,45)46/h5-13,20-21,23,26,28-29,31-32H,1,14-19,22H2,2-4H3,(H,51,55)/t26-,28-,31-,32+,42-/m1/s1. The van der Waals surface area contributed by atoms with Crippen molar-refractivity contribution in [1.29, 1.82) is 0 Å². The lowest BCUT2D eigenvalue weighted by Gasteiger charge is -2.35. The highest BCUT2D eigenvalue weighted by atomic mass is 32.2. The summed E-state index contributed by atoms with van der Waals surface area (Å²) in [4.78, 5) is 62.2. The van der Waals surface area contributed by atoms with E-state index in [9.17, 15) is 36.0 Å². The molecular formula is C43H43F3N6O7S. The first-order valence-electron chi connectivity index (χ1n) is 19.7. The van der Waals surface area contributed by atoms with Gasteiger partial charge in [0.2, 0.25) is 27.4 Å². The van der Waals surface area contributed by atoms with Crippen LogP contribution in [0.15, 0.2) is 84.3 Å². The maximum Gasteiger partial charge on any atom is 0.416 e. The Morgan fingerprint density at radius 3 is 2.38 bits per heavy atom. The van der Waals surface area contributed by atoms with Gasteiger partial charge in [0, 0.05) is 42.1 Å². The molecule has 2 aliphatic carbocycles. The molecule has 0 unspecified atom stereocenters. The predicted molar refractivity (Wildman–Crippen MR) is 213 cm³/mol. The molecule has 3 aromatic heterocycles. The number of halogens is 3. The van der Waals surface area contributed by atoms with Crippen molar-refractivity contribution in [3.05, 3.63) is 91.0 Å². The molecule has 8 rings (SSSR count). The van der Waals surface area contributed by atoms with E-state index in [0.717, 1.165) is 12.1 Å². The number of benzene rings is 2.